The third-order valence-electron chi connectivity index (χ3n) is 7.93. The maximum Gasteiger partial charge on any atom is 0.240 e. The first-order valence-corrected chi connectivity index (χ1v) is 15.7. The average molecular weight is 556 g/mol. The van der Waals surface area contributed by atoms with Crippen molar-refractivity contribution in [2.24, 2.45) is 11.8 Å². The fourth-order valence-electron chi connectivity index (χ4n) is 5.45. The predicted molar refractivity (Wildman–Crippen MR) is 166 cm³/mol. The van der Waals surface area contributed by atoms with E-state index in [2.05, 4.69) is 59.1 Å². The molecule has 1 aliphatic rings. The molecule has 1 saturated carbocycles. The van der Waals surface area contributed by atoms with Crippen LogP contribution >= 0.6 is 0 Å². The lowest BCUT2D eigenvalue weighted by atomic mass is 9.74. The fourth-order valence-corrected chi connectivity index (χ4v) is 6.57. The number of sulfonamides is 1. The van der Waals surface area contributed by atoms with Crippen LogP contribution in [0.25, 0.3) is 10.9 Å². The van der Waals surface area contributed by atoms with E-state index in [-0.39, 0.29) is 0 Å². The van der Waals surface area contributed by atoms with E-state index in [0.29, 0.717) is 29.2 Å². The molecule has 9 heteroatoms. The van der Waals surface area contributed by atoms with Crippen LogP contribution in [-0.4, -0.2) is 45.8 Å². The van der Waals surface area contributed by atoms with Gasteiger partial charge in [0, 0.05) is 32.1 Å². The summed E-state index contributed by atoms with van der Waals surface area (Å²) in [5.41, 5.74) is 3.29. The minimum absolute atomic E-state index is 0.340. The van der Waals surface area contributed by atoms with Gasteiger partial charge in [-0.15, -0.1) is 0 Å². The molecule has 4 aromatic rings. The summed E-state index contributed by atoms with van der Waals surface area (Å²) in [6.07, 6.45) is 4.12. The van der Waals surface area contributed by atoms with E-state index in [1.165, 1.54) is 5.56 Å². The molecule has 40 heavy (non-hydrogen) atoms. The van der Waals surface area contributed by atoms with E-state index in [1.54, 1.807) is 12.1 Å². The molecule has 3 aromatic carbocycles. The van der Waals surface area contributed by atoms with Crippen molar-refractivity contribution in [3.8, 4) is 0 Å². The fraction of sp³-hybridized carbons (Fsp3) is 0.355. The third-order valence-corrected chi connectivity index (χ3v) is 9.37. The highest BCUT2D eigenvalue weighted by atomic mass is 32.2. The Bertz CT molecular complexity index is 1510. The van der Waals surface area contributed by atoms with Gasteiger partial charge in [-0.25, -0.2) is 18.1 Å². The average Bonchev–Trinajstić information content (AvgIpc) is 2.99. The summed E-state index contributed by atoms with van der Waals surface area (Å²) in [4.78, 5) is 12.2. The Morgan fingerprint density at radius 3 is 2.20 bits per heavy atom. The van der Waals surface area contributed by atoms with Crippen LogP contribution in [0.4, 0.5) is 11.8 Å². The summed E-state index contributed by atoms with van der Waals surface area (Å²) in [6, 6.07) is 25.7. The first-order chi connectivity index (χ1) is 19.4. The summed E-state index contributed by atoms with van der Waals surface area (Å²) in [5.74, 6) is 2.43. The van der Waals surface area contributed by atoms with Gasteiger partial charge in [0.15, 0.2) is 7.28 Å². The Morgan fingerprint density at radius 2 is 1.50 bits per heavy atom. The summed E-state index contributed by atoms with van der Waals surface area (Å²) in [6.45, 7) is 4.12. The number of fused-ring (bicyclic) bond motifs is 1. The van der Waals surface area contributed by atoms with Gasteiger partial charge in [-0.2, -0.15) is 4.98 Å². The highest BCUT2D eigenvalue weighted by Crippen LogP contribution is 2.30. The van der Waals surface area contributed by atoms with Crippen molar-refractivity contribution in [2.75, 3.05) is 30.4 Å². The molecule has 5 rings (SSSR count). The number of rotatable bonds is 11. The molecule has 1 heterocycles. The molecule has 1 fully saturated rings. The first kappa shape index (κ1) is 28.1. The van der Waals surface area contributed by atoms with E-state index < -0.39 is 10.0 Å². The molecular formula is C31H38BN5O2S. The number of aromatic nitrogens is 2. The van der Waals surface area contributed by atoms with Crippen molar-refractivity contribution in [1.29, 1.82) is 0 Å². The van der Waals surface area contributed by atoms with Gasteiger partial charge in [0.1, 0.15) is 5.82 Å². The van der Waals surface area contributed by atoms with Crippen LogP contribution in [0.2, 0.25) is 6.82 Å². The van der Waals surface area contributed by atoms with Gasteiger partial charge < -0.3 is 10.2 Å². The van der Waals surface area contributed by atoms with Crippen LogP contribution in [0, 0.1) is 11.8 Å². The predicted octanol–water partition coefficient (Wildman–Crippen LogP) is 4.57. The zero-order valence-electron chi connectivity index (χ0n) is 23.4. The second-order valence-corrected chi connectivity index (χ2v) is 12.6. The number of para-hydroxylation sites is 1. The van der Waals surface area contributed by atoms with Gasteiger partial charge in [-0.05, 0) is 67.3 Å². The maximum absolute atomic E-state index is 12.7. The number of nitrogens with one attached hydrogen (secondary N) is 2. The molecule has 1 aliphatic carbocycles. The summed E-state index contributed by atoms with van der Waals surface area (Å²) in [7, 11) is -0.512. The monoisotopic (exact) mass is 555 g/mol. The maximum atomic E-state index is 12.7. The number of anilines is 2. The molecule has 0 atom stereocenters. The normalized spacial score (nSPS) is 17.4. The van der Waals surface area contributed by atoms with E-state index in [1.807, 2.05) is 36.4 Å². The van der Waals surface area contributed by atoms with Gasteiger partial charge in [0.2, 0.25) is 16.0 Å². The quantitative estimate of drug-likeness (QED) is 0.264. The Hall–Kier alpha value is -3.43. The molecule has 0 unspecified atom stereocenters. The smallest absolute Gasteiger partial charge is 0.240 e. The van der Waals surface area contributed by atoms with E-state index in [9.17, 15) is 8.42 Å². The SMILES string of the molecule is CBc1ccc(S(=O)(=O)NCC2CCC(CNc3nc(N(C)Cc4ccccc4)c4ccccc4n3)CC2)cc1. The van der Waals surface area contributed by atoms with Crippen LogP contribution in [0.5, 0.6) is 0 Å². The molecule has 0 aliphatic heterocycles. The van der Waals surface area contributed by atoms with Crippen molar-refractivity contribution in [3.05, 3.63) is 84.4 Å². The lowest BCUT2D eigenvalue weighted by Gasteiger charge is -2.29. The number of hydrogen-bond acceptors (Lipinski definition) is 6. The van der Waals surface area contributed by atoms with Crippen LogP contribution in [0.15, 0.2) is 83.8 Å². The standard InChI is InChI=1S/C31H38BN5O2S/c1-32-26-16-18-27(19-17-26)40(38,39)34-21-24-14-12-23(13-15-24)20-33-31-35-29-11-7-6-10-28(29)30(36-31)37(2)22-25-8-4-3-5-9-25/h3-11,16-19,23-24,32,34H,12-15,20-22H2,1-2H3,(H,33,35,36). The number of benzene rings is 3. The second kappa shape index (κ2) is 12.8. The van der Waals surface area contributed by atoms with E-state index >= 15 is 0 Å². The second-order valence-electron chi connectivity index (χ2n) is 10.8. The number of hydrogen-bond donors (Lipinski definition) is 2. The van der Waals surface area contributed by atoms with E-state index in [4.69, 9.17) is 9.97 Å². The van der Waals surface area contributed by atoms with Crippen LogP contribution in [0.1, 0.15) is 31.2 Å². The Labute approximate surface area is 238 Å². The van der Waals surface area contributed by atoms with Gasteiger partial charge >= 0.3 is 0 Å². The van der Waals surface area contributed by atoms with Crippen molar-refractivity contribution in [2.45, 2.75) is 43.9 Å². The van der Waals surface area contributed by atoms with Crippen molar-refractivity contribution < 1.29 is 8.42 Å². The highest BCUT2D eigenvalue weighted by Gasteiger charge is 2.24. The summed E-state index contributed by atoms with van der Waals surface area (Å²) >= 11 is 0. The molecule has 7 nitrogen and oxygen atoms in total. The molecule has 208 valence electrons. The van der Waals surface area contributed by atoms with Crippen molar-refractivity contribution in [1.82, 2.24) is 14.7 Å². The minimum atomic E-state index is -3.48. The lowest BCUT2D eigenvalue weighted by Crippen LogP contribution is -2.32. The van der Waals surface area contributed by atoms with Gasteiger partial charge in [-0.1, -0.05) is 66.9 Å². The Morgan fingerprint density at radius 1 is 0.850 bits per heavy atom. The largest absolute Gasteiger partial charge is 0.355 e. The molecule has 0 bridgehead atoms. The lowest BCUT2D eigenvalue weighted by molar-refractivity contribution is 0.284. The van der Waals surface area contributed by atoms with Crippen LogP contribution < -0.4 is 20.4 Å². The zero-order chi connectivity index (χ0) is 28.0. The van der Waals surface area contributed by atoms with E-state index in [0.717, 1.165) is 68.2 Å². The van der Waals surface area contributed by atoms with Gasteiger partial charge in [0.05, 0.1) is 10.4 Å². The first-order valence-electron chi connectivity index (χ1n) is 14.3. The Kier molecular flexibility index (Phi) is 9.02. The molecule has 0 spiro atoms. The molecule has 1 aromatic heterocycles. The summed E-state index contributed by atoms with van der Waals surface area (Å²) in [5, 5.41) is 4.54. The topological polar surface area (TPSA) is 87.2 Å². The van der Waals surface area contributed by atoms with Gasteiger partial charge in [-0.3, -0.25) is 0 Å². The number of nitrogens with zero attached hydrogens (tertiary/aromatic N) is 3. The van der Waals surface area contributed by atoms with Crippen LogP contribution in [-0.2, 0) is 16.6 Å². The van der Waals surface area contributed by atoms with Crippen molar-refractivity contribution >= 4 is 45.4 Å². The molecule has 0 radical (unpaired) electrons. The molecule has 0 saturated heterocycles. The minimum Gasteiger partial charge on any atom is -0.355 e. The summed E-state index contributed by atoms with van der Waals surface area (Å²) < 4.78 is 28.3. The Balaban J connectivity index is 1.15. The van der Waals surface area contributed by atoms with Gasteiger partial charge in [0.25, 0.3) is 0 Å². The molecule has 2 N–H and O–H groups in total. The third kappa shape index (κ3) is 7.01. The molecule has 0 amide bonds. The highest BCUT2D eigenvalue weighted by molar-refractivity contribution is 7.89. The zero-order valence-corrected chi connectivity index (χ0v) is 24.2. The van der Waals surface area contributed by atoms with Crippen molar-refractivity contribution in [3.63, 3.8) is 0 Å². The van der Waals surface area contributed by atoms with Crippen LogP contribution in [0.3, 0.4) is 0 Å². The molecular weight excluding hydrogens is 517 g/mol.